The van der Waals surface area contributed by atoms with Crippen LogP contribution in [0, 0.1) is 0 Å². The first-order valence-corrected chi connectivity index (χ1v) is 17.1. The van der Waals surface area contributed by atoms with Crippen molar-refractivity contribution in [1.82, 2.24) is 10.2 Å². The second-order valence-corrected chi connectivity index (χ2v) is 13.8. The molecule has 1 N–H and O–H groups in total. The molecule has 0 unspecified atom stereocenters. The van der Waals surface area contributed by atoms with Crippen molar-refractivity contribution < 1.29 is 27.5 Å². The molecule has 228 valence electrons. The molecule has 0 bridgehead atoms. The fourth-order valence-corrected chi connectivity index (χ4v) is 6.87. The molecule has 1 aliphatic carbocycles. The summed E-state index contributed by atoms with van der Waals surface area (Å²) in [5.74, 6) is 0.163. The maximum atomic E-state index is 14.3. The molecule has 3 aromatic carbocycles. The lowest BCUT2D eigenvalue weighted by Crippen LogP contribution is -2.55. The highest BCUT2D eigenvalue weighted by Crippen LogP contribution is 2.36. The molecule has 1 aliphatic heterocycles. The van der Waals surface area contributed by atoms with Crippen molar-refractivity contribution in [3.63, 3.8) is 0 Å². The quantitative estimate of drug-likeness (QED) is 0.307. The molecule has 9 nitrogen and oxygen atoms in total. The molecular weight excluding hydrogens is 634 g/mol. The molecule has 1 saturated carbocycles. The van der Waals surface area contributed by atoms with Gasteiger partial charge >= 0.3 is 0 Å². The predicted molar refractivity (Wildman–Crippen MR) is 168 cm³/mol. The Morgan fingerprint density at radius 3 is 2.37 bits per heavy atom. The van der Waals surface area contributed by atoms with E-state index in [0.717, 1.165) is 58.3 Å². The maximum Gasteiger partial charge on any atom is 0.244 e. The topological polar surface area (TPSA) is 105 Å². The van der Waals surface area contributed by atoms with Gasteiger partial charge < -0.3 is 19.7 Å². The summed E-state index contributed by atoms with van der Waals surface area (Å²) in [6, 6.07) is 21.0. The van der Waals surface area contributed by atoms with Crippen LogP contribution in [0.5, 0.6) is 11.5 Å². The Labute approximate surface area is 261 Å². The number of benzene rings is 3. The van der Waals surface area contributed by atoms with E-state index in [1.807, 2.05) is 54.6 Å². The average Bonchev–Trinajstić information content (AvgIpc) is 3.46. The lowest BCUT2D eigenvalue weighted by Gasteiger charge is -2.35. The number of ether oxygens (including phenoxy) is 2. The van der Waals surface area contributed by atoms with E-state index in [0.29, 0.717) is 11.5 Å². The number of carbonyl (C=O) groups is 2. The highest BCUT2D eigenvalue weighted by molar-refractivity contribution is 9.10. The van der Waals surface area contributed by atoms with Crippen molar-refractivity contribution in [1.29, 1.82) is 0 Å². The molecule has 2 aliphatic rings. The fourth-order valence-electron chi connectivity index (χ4n) is 5.58. The van der Waals surface area contributed by atoms with Crippen LogP contribution in [0.15, 0.2) is 77.3 Å². The van der Waals surface area contributed by atoms with E-state index >= 15 is 0 Å². The summed E-state index contributed by atoms with van der Waals surface area (Å²) in [5.41, 5.74) is 1.98. The van der Waals surface area contributed by atoms with Gasteiger partial charge in [-0.3, -0.25) is 13.9 Å². The van der Waals surface area contributed by atoms with Crippen molar-refractivity contribution in [2.24, 2.45) is 0 Å². The van der Waals surface area contributed by atoms with Crippen molar-refractivity contribution in [3.05, 3.63) is 88.4 Å². The Bertz CT molecular complexity index is 1550. The van der Waals surface area contributed by atoms with E-state index in [4.69, 9.17) is 9.47 Å². The second kappa shape index (κ2) is 13.8. The van der Waals surface area contributed by atoms with Gasteiger partial charge in [0.2, 0.25) is 28.6 Å². The number of hydrogen-bond acceptors (Lipinski definition) is 6. The molecule has 5 rings (SSSR count). The number of sulfonamides is 1. The van der Waals surface area contributed by atoms with Gasteiger partial charge in [-0.25, -0.2) is 8.42 Å². The SMILES string of the molecule is CS(=O)(=O)N(CC(=O)N(Cc1cccc(Br)c1)[C@@H](Cc1ccccc1)C(=O)NC1CCCCC1)c1ccc2c(c1)OCO2. The Morgan fingerprint density at radius 1 is 0.930 bits per heavy atom. The molecule has 3 aromatic rings. The van der Waals surface area contributed by atoms with Gasteiger partial charge in [-0.2, -0.15) is 0 Å². The molecule has 0 radical (unpaired) electrons. The van der Waals surface area contributed by atoms with Gasteiger partial charge in [0, 0.05) is 29.5 Å². The van der Waals surface area contributed by atoms with Crippen LogP contribution < -0.4 is 19.1 Å². The normalized spacial score (nSPS) is 15.5. The molecule has 1 fully saturated rings. The smallest absolute Gasteiger partial charge is 0.244 e. The fraction of sp³-hybridized carbons (Fsp3) is 0.375. The van der Waals surface area contributed by atoms with Gasteiger partial charge in [0.15, 0.2) is 11.5 Å². The Kier molecular flexibility index (Phi) is 9.92. The van der Waals surface area contributed by atoms with Crippen LogP contribution in [-0.4, -0.2) is 56.8 Å². The summed E-state index contributed by atoms with van der Waals surface area (Å²) < 4.78 is 38.8. The van der Waals surface area contributed by atoms with Gasteiger partial charge in [0.25, 0.3) is 0 Å². The molecule has 1 atom stereocenters. The largest absolute Gasteiger partial charge is 0.454 e. The van der Waals surface area contributed by atoms with E-state index in [1.165, 1.54) is 4.90 Å². The van der Waals surface area contributed by atoms with Crippen molar-refractivity contribution in [2.45, 2.75) is 57.2 Å². The van der Waals surface area contributed by atoms with Crippen LogP contribution in [0.3, 0.4) is 0 Å². The minimum absolute atomic E-state index is 0.0360. The number of nitrogens with zero attached hydrogens (tertiary/aromatic N) is 2. The van der Waals surface area contributed by atoms with Gasteiger partial charge in [-0.05, 0) is 48.2 Å². The monoisotopic (exact) mass is 669 g/mol. The first kappa shape index (κ1) is 30.9. The number of fused-ring (bicyclic) bond motifs is 1. The molecule has 0 aromatic heterocycles. The van der Waals surface area contributed by atoms with Crippen LogP contribution in [0.1, 0.15) is 43.2 Å². The molecule has 0 saturated heterocycles. The summed E-state index contributed by atoms with van der Waals surface area (Å²) in [4.78, 5) is 29.8. The van der Waals surface area contributed by atoms with Crippen LogP contribution in [0.4, 0.5) is 5.69 Å². The summed E-state index contributed by atoms with van der Waals surface area (Å²) in [6.45, 7) is -0.338. The van der Waals surface area contributed by atoms with E-state index in [1.54, 1.807) is 18.2 Å². The van der Waals surface area contributed by atoms with E-state index in [2.05, 4.69) is 21.2 Å². The third-order valence-corrected chi connectivity index (χ3v) is 9.42. The summed E-state index contributed by atoms with van der Waals surface area (Å²) in [6.07, 6.45) is 6.38. The number of hydrogen-bond donors (Lipinski definition) is 1. The van der Waals surface area contributed by atoms with Crippen LogP contribution in [-0.2, 0) is 32.6 Å². The molecule has 1 heterocycles. The average molecular weight is 671 g/mol. The molecular formula is C32H36BrN3O6S. The number of anilines is 1. The predicted octanol–water partition coefficient (Wildman–Crippen LogP) is 5.03. The first-order valence-electron chi connectivity index (χ1n) is 14.4. The van der Waals surface area contributed by atoms with E-state index < -0.39 is 28.5 Å². The van der Waals surface area contributed by atoms with Crippen molar-refractivity contribution in [2.75, 3.05) is 23.9 Å². The second-order valence-electron chi connectivity index (χ2n) is 11.0. The number of carbonyl (C=O) groups excluding carboxylic acids is 2. The molecule has 11 heteroatoms. The summed E-state index contributed by atoms with van der Waals surface area (Å²) in [7, 11) is -3.89. The van der Waals surface area contributed by atoms with Crippen LogP contribution >= 0.6 is 15.9 Å². The molecule has 0 spiro atoms. The zero-order valence-corrected chi connectivity index (χ0v) is 26.5. The Morgan fingerprint density at radius 2 is 1.65 bits per heavy atom. The summed E-state index contributed by atoms with van der Waals surface area (Å²) >= 11 is 3.50. The number of amides is 2. The highest BCUT2D eigenvalue weighted by atomic mass is 79.9. The van der Waals surface area contributed by atoms with Gasteiger partial charge in [0.05, 0.1) is 11.9 Å². The van der Waals surface area contributed by atoms with E-state index in [-0.39, 0.29) is 37.4 Å². The Balaban J connectivity index is 1.50. The number of rotatable bonds is 11. The zero-order chi connectivity index (χ0) is 30.4. The van der Waals surface area contributed by atoms with Crippen LogP contribution in [0.2, 0.25) is 0 Å². The molecule has 43 heavy (non-hydrogen) atoms. The van der Waals surface area contributed by atoms with Gasteiger partial charge in [-0.1, -0.05) is 77.7 Å². The third kappa shape index (κ3) is 8.08. The number of nitrogens with one attached hydrogen (secondary N) is 1. The minimum Gasteiger partial charge on any atom is -0.454 e. The first-order chi connectivity index (χ1) is 20.7. The zero-order valence-electron chi connectivity index (χ0n) is 24.1. The van der Waals surface area contributed by atoms with Gasteiger partial charge in [0.1, 0.15) is 12.6 Å². The van der Waals surface area contributed by atoms with E-state index in [9.17, 15) is 18.0 Å². The standard InChI is InChI=1S/C32H36BrN3O6S/c1-43(39,40)36(27-15-16-29-30(19-27)42-22-41-29)21-31(37)35(20-24-11-8-12-25(33)17-24)28(18-23-9-4-2-5-10-23)32(38)34-26-13-6-3-7-14-26/h2,4-5,8-12,15-17,19,26,28H,3,6-7,13-14,18,20-22H2,1H3,(H,34,38)/t28-/m0/s1. The Hall–Kier alpha value is -3.57. The van der Waals surface area contributed by atoms with Gasteiger partial charge in [-0.15, -0.1) is 0 Å². The summed E-state index contributed by atoms with van der Waals surface area (Å²) in [5, 5.41) is 3.21. The highest BCUT2D eigenvalue weighted by Gasteiger charge is 2.34. The molecule has 2 amide bonds. The minimum atomic E-state index is -3.89. The maximum absolute atomic E-state index is 14.3. The van der Waals surface area contributed by atoms with Crippen molar-refractivity contribution >= 4 is 43.5 Å². The van der Waals surface area contributed by atoms with Crippen molar-refractivity contribution in [3.8, 4) is 11.5 Å². The van der Waals surface area contributed by atoms with Crippen LogP contribution in [0.25, 0.3) is 0 Å². The lowest BCUT2D eigenvalue weighted by molar-refractivity contribution is -0.140. The lowest BCUT2D eigenvalue weighted by atomic mass is 9.94. The number of halogens is 1. The third-order valence-electron chi connectivity index (χ3n) is 7.79.